The number of nitrogens with zero attached hydrogens (tertiary/aromatic N) is 3. The van der Waals surface area contributed by atoms with Gasteiger partial charge in [0.15, 0.2) is 5.76 Å². The van der Waals surface area contributed by atoms with Crippen molar-refractivity contribution in [3.8, 4) is 0 Å². The molecule has 0 spiro atoms. The Morgan fingerprint density at radius 2 is 1.95 bits per heavy atom. The maximum absolute atomic E-state index is 10.5. The second-order valence-electron chi connectivity index (χ2n) is 4.90. The molecule has 5 heteroatoms. The zero-order valence-electron chi connectivity index (χ0n) is 11.8. The second-order valence-corrected chi connectivity index (χ2v) is 4.90. The minimum absolute atomic E-state index is 0.227. The van der Waals surface area contributed by atoms with Crippen LogP contribution >= 0.6 is 0 Å². The van der Waals surface area contributed by atoms with Gasteiger partial charge in [-0.25, -0.2) is 5.06 Å². The molecule has 0 saturated carbocycles. The monoisotopic (exact) mass is 283 g/mol. The van der Waals surface area contributed by atoms with E-state index in [1.807, 2.05) is 30.3 Å². The zero-order valence-corrected chi connectivity index (χ0v) is 11.8. The highest BCUT2D eigenvalue weighted by molar-refractivity contribution is 6.09. The first-order chi connectivity index (χ1) is 10.3. The summed E-state index contributed by atoms with van der Waals surface area (Å²) in [7, 11) is 0. The predicted octanol–water partition coefficient (Wildman–Crippen LogP) is 3.30. The first-order valence-electron chi connectivity index (χ1n) is 7.04. The summed E-state index contributed by atoms with van der Waals surface area (Å²) in [4.78, 5) is 0. The van der Waals surface area contributed by atoms with Gasteiger partial charge < -0.3 is 4.42 Å². The van der Waals surface area contributed by atoms with Gasteiger partial charge in [-0.3, -0.25) is 5.21 Å². The van der Waals surface area contributed by atoms with Crippen LogP contribution in [0, 0.1) is 0 Å². The van der Waals surface area contributed by atoms with E-state index >= 15 is 0 Å². The van der Waals surface area contributed by atoms with Crippen LogP contribution in [0.4, 0.5) is 0 Å². The number of hydrogen-bond acceptors (Lipinski definition) is 5. The molecule has 2 heterocycles. The van der Waals surface area contributed by atoms with Gasteiger partial charge in [-0.15, -0.1) is 5.10 Å². The van der Waals surface area contributed by atoms with Crippen molar-refractivity contribution in [3.05, 3.63) is 60.1 Å². The summed E-state index contributed by atoms with van der Waals surface area (Å²) < 4.78 is 5.31. The average Bonchev–Trinajstić information content (AvgIpc) is 3.04. The Morgan fingerprint density at radius 3 is 2.62 bits per heavy atom. The van der Waals surface area contributed by atoms with E-state index in [0.29, 0.717) is 11.6 Å². The van der Waals surface area contributed by atoms with E-state index in [2.05, 4.69) is 17.1 Å². The topological polar surface area (TPSA) is 61.3 Å². The average molecular weight is 283 g/mol. The Kier molecular flexibility index (Phi) is 3.83. The van der Waals surface area contributed by atoms with E-state index in [4.69, 9.17) is 4.42 Å². The molecule has 0 saturated heterocycles. The van der Waals surface area contributed by atoms with Crippen LogP contribution in [0.1, 0.15) is 31.1 Å². The summed E-state index contributed by atoms with van der Waals surface area (Å²) in [6.07, 6.45) is 3.26. The Morgan fingerprint density at radius 1 is 1.14 bits per heavy atom. The van der Waals surface area contributed by atoms with Crippen LogP contribution in [-0.4, -0.2) is 27.9 Å². The smallest absolute Gasteiger partial charge is 0.218 e. The van der Waals surface area contributed by atoms with Crippen LogP contribution in [0.5, 0.6) is 0 Å². The van der Waals surface area contributed by atoms with Crippen LogP contribution in [0.15, 0.2) is 63.3 Å². The third-order valence-corrected chi connectivity index (χ3v) is 3.45. The van der Waals surface area contributed by atoms with Gasteiger partial charge >= 0.3 is 0 Å². The molecule has 1 aromatic carbocycles. The molecule has 108 valence electrons. The lowest BCUT2D eigenvalue weighted by atomic mass is 9.98. The van der Waals surface area contributed by atoms with E-state index in [0.717, 1.165) is 29.2 Å². The molecule has 0 aliphatic carbocycles. The molecule has 0 amide bonds. The number of furan rings is 1. The van der Waals surface area contributed by atoms with Crippen molar-refractivity contribution in [1.29, 1.82) is 0 Å². The summed E-state index contributed by atoms with van der Waals surface area (Å²) in [5.41, 5.74) is 1.74. The molecule has 1 N–H and O–H groups in total. The maximum atomic E-state index is 10.5. The van der Waals surface area contributed by atoms with Crippen molar-refractivity contribution in [3.63, 3.8) is 0 Å². The maximum Gasteiger partial charge on any atom is 0.218 e. The number of hydrogen-bond donors (Lipinski definition) is 1. The highest BCUT2D eigenvalue weighted by atomic mass is 16.5. The first kappa shape index (κ1) is 13.6. The van der Waals surface area contributed by atoms with Crippen molar-refractivity contribution < 1.29 is 9.62 Å². The molecular weight excluding hydrogens is 266 g/mol. The third kappa shape index (κ3) is 2.60. The molecule has 1 atom stereocenters. The van der Waals surface area contributed by atoms with E-state index in [1.54, 1.807) is 18.4 Å². The molecule has 3 rings (SSSR count). The lowest BCUT2D eigenvalue weighted by molar-refractivity contribution is -0.0369. The van der Waals surface area contributed by atoms with Crippen molar-refractivity contribution in [1.82, 2.24) is 5.06 Å². The summed E-state index contributed by atoms with van der Waals surface area (Å²) in [5.74, 6) is 0.854. The van der Waals surface area contributed by atoms with Crippen LogP contribution in [0.3, 0.4) is 0 Å². The normalized spacial score (nSPS) is 18.4. The largest absolute Gasteiger partial charge is 0.461 e. The molecule has 1 aliphatic heterocycles. The van der Waals surface area contributed by atoms with Gasteiger partial charge in [-0.05, 0) is 18.6 Å². The van der Waals surface area contributed by atoms with Crippen molar-refractivity contribution >= 4 is 11.5 Å². The molecule has 1 aromatic heterocycles. The number of benzene rings is 1. The van der Waals surface area contributed by atoms with Gasteiger partial charge in [0.2, 0.25) is 5.84 Å². The van der Waals surface area contributed by atoms with Gasteiger partial charge in [-0.2, -0.15) is 5.10 Å². The molecule has 2 aromatic rings. The van der Waals surface area contributed by atoms with Crippen molar-refractivity contribution in [2.75, 3.05) is 0 Å². The Hall–Kier alpha value is -2.40. The van der Waals surface area contributed by atoms with Gasteiger partial charge in [0.1, 0.15) is 6.04 Å². The van der Waals surface area contributed by atoms with E-state index in [1.165, 1.54) is 0 Å². The highest BCUT2D eigenvalue weighted by Crippen LogP contribution is 2.21. The number of hydroxylamine groups is 2. The lowest BCUT2D eigenvalue weighted by Crippen LogP contribution is -2.45. The third-order valence-electron chi connectivity index (χ3n) is 3.45. The molecule has 5 nitrogen and oxygen atoms in total. The summed E-state index contributed by atoms with van der Waals surface area (Å²) in [5, 5.41) is 20.1. The molecule has 0 bridgehead atoms. The van der Waals surface area contributed by atoms with Crippen LogP contribution < -0.4 is 0 Å². The molecule has 0 radical (unpaired) electrons. The minimum atomic E-state index is -0.227. The number of rotatable bonds is 4. The fourth-order valence-electron chi connectivity index (χ4n) is 2.44. The first-order valence-corrected chi connectivity index (χ1v) is 7.04. The minimum Gasteiger partial charge on any atom is -0.461 e. The van der Waals surface area contributed by atoms with Crippen LogP contribution in [-0.2, 0) is 0 Å². The highest BCUT2D eigenvalue weighted by Gasteiger charge is 2.31. The van der Waals surface area contributed by atoms with Crippen LogP contribution in [0.2, 0.25) is 0 Å². The lowest BCUT2D eigenvalue weighted by Gasteiger charge is -2.30. The zero-order chi connectivity index (χ0) is 14.7. The standard InChI is InChI=1S/C16H17N3O2/c1-2-7-13-15(12-8-4-3-5-9-12)17-18-16(19(13)20)14-10-6-11-21-14/h3-6,8-11,13,20H,2,7H2,1H3. The van der Waals surface area contributed by atoms with E-state index in [-0.39, 0.29) is 6.04 Å². The summed E-state index contributed by atoms with van der Waals surface area (Å²) >= 11 is 0. The number of amidine groups is 1. The van der Waals surface area contributed by atoms with Gasteiger partial charge in [0.25, 0.3) is 0 Å². The molecular formula is C16H17N3O2. The van der Waals surface area contributed by atoms with Gasteiger partial charge in [0.05, 0.1) is 12.0 Å². The van der Waals surface area contributed by atoms with Crippen LogP contribution in [0.25, 0.3) is 0 Å². The summed E-state index contributed by atoms with van der Waals surface area (Å²) in [6, 6.07) is 13.1. The Labute approximate surface area is 123 Å². The van der Waals surface area contributed by atoms with Crippen molar-refractivity contribution in [2.45, 2.75) is 25.8 Å². The Balaban J connectivity index is 2.02. The quantitative estimate of drug-likeness (QED) is 0.936. The van der Waals surface area contributed by atoms with Gasteiger partial charge in [0, 0.05) is 5.56 Å². The fourth-order valence-corrected chi connectivity index (χ4v) is 2.44. The second kappa shape index (κ2) is 5.93. The molecule has 0 fully saturated rings. The summed E-state index contributed by atoms with van der Waals surface area (Å²) in [6.45, 7) is 2.08. The predicted molar refractivity (Wildman–Crippen MR) is 80.5 cm³/mol. The molecule has 21 heavy (non-hydrogen) atoms. The van der Waals surface area contributed by atoms with Crippen molar-refractivity contribution in [2.24, 2.45) is 10.2 Å². The van der Waals surface area contributed by atoms with Gasteiger partial charge in [-0.1, -0.05) is 43.7 Å². The Bertz CT molecular complexity index is 647. The molecule has 1 unspecified atom stereocenters. The van der Waals surface area contributed by atoms with E-state index < -0.39 is 0 Å². The van der Waals surface area contributed by atoms with E-state index in [9.17, 15) is 5.21 Å². The SMILES string of the molecule is CCCC1C(c2ccccc2)=NN=C(c2ccco2)N1O. The molecule has 1 aliphatic rings. The fraction of sp³-hybridized carbons (Fsp3) is 0.250.